The fourth-order valence-electron chi connectivity index (χ4n) is 11.5. The smallest absolute Gasteiger partial charge is 0.258 e. The van der Waals surface area contributed by atoms with Crippen LogP contribution in [0.2, 0.25) is 0 Å². The van der Waals surface area contributed by atoms with Gasteiger partial charge < -0.3 is 14.6 Å². The highest BCUT2D eigenvalue weighted by molar-refractivity contribution is 5.86. The van der Waals surface area contributed by atoms with Gasteiger partial charge in [-0.15, -0.1) is 0 Å². The molecule has 8 aliphatic carbocycles. The van der Waals surface area contributed by atoms with Gasteiger partial charge in [-0.05, 0) is 82.1 Å². The lowest BCUT2D eigenvalue weighted by Gasteiger charge is -2.31. The van der Waals surface area contributed by atoms with Gasteiger partial charge in [-0.25, -0.2) is 0 Å². The molecule has 3 heteroatoms. The Bertz CT molecular complexity index is 1010. The zero-order chi connectivity index (χ0) is 17.0. The molecule has 27 heavy (non-hydrogen) atoms. The molecule has 0 radical (unpaired) electrons. The van der Waals surface area contributed by atoms with E-state index in [0.717, 1.165) is 58.8 Å². The number of aliphatic hydroxyl groups excluding tert-OH is 1. The number of ether oxygens (including phenoxy) is 2. The molecule has 1 spiro atoms. The monoisotopic (exact) mass is 356 g/mol. The van der Waals surface area contributed by atoms with Gasteiger partial charge in [0.15, 0.2) is 11.5 Å². The van der Waals surface area contributed by atoms with Crippen LogP contribution in [0, 0.1) is 71.0 Å². The Morgan fingerprint density at radius 1 is 0.630 bits per heavy atom. The summed E-state index contributed by atoms with van der Waals surface area (Å²) in [5, 5.41) is 13.4. The molecule has 1 aliphatic heterocycles. The Morgan fingerprint density at radius 2 is 1.07 bits per heavy atom. The van der Waals surface area contributed by atoms with E-state index in [2.05, 4.69) is 36.4 Å². The van der Waals surface area contributed by atoms with Gasteiger partial charge in [0.25, 0.3) is 5.79 Å². The summed E-state index contributed by atoms with van der Waals surface area (Å²) in [5.41, 5.74) is 0. The van der Waals surface area contributed by atoms with Crippen LogP contribution in [0.5, 0.6) is 11.5 Å². The van der Waals surface area contributed by atoms with Crippen molar-refractivity contribution in [1.29, 1.82) is 0 Å². The van der Waals surface area contributed by atoms with Crippen LogP contribution >= 0.6 is 0 Å². The normalized spacial score (nSPS) is 61.3. The first-order valence-electron chi connectivity index (χ1n) is 10.9. The Labute approximate surface area is 156 Å². The molecule has 8 unspecified atom stereocenters. The van der Waals surface area contributed by atoms with E-state index >= 15 is 0 Å². The minimum atomic E-state index is -0.372. The molecular weight excluding hydrogens is 336 g/mol. The summed E-state index contributed by atoms with van der Waals surface area (Å²) in [7, 11) is 0. The summed E-state index contributed by atoms with van der Waals surface area (Å²) in [5.74, 6) is 10.2. The van der Waals surface area contributed by atoms with E-state index in [1.807, 2.05) is 0 Å². The fourth-order valence-corrected chi connectivity index (χ4v) is 11.5. The van der Waals surface area contributed by atoms with E-state index in [0.29, 0.717) is 23.7 Å². The van der Waals surface area contributed by atoms with Crippen molar-refractivity contribution < 1.29 is 14.6 Å². The first kappa shape index (κ1) is 12.7. The second kappa shape index (κ2) is 3.28. The summed E-state index contributed by atoms with van der Waals surface area (Å²) in [6.07, 6.45) is 0.0267. The molecular formula is C24H20O3. The first-order valence-corrected chi connectivity index (χ1v) is 10.9. The molecule has 8 atom stereocenters. The molecule has 8 fully saturated rings. The molecule has 0 aromatic heterocycles. The lowest BCUT2D eigenvalue weighted by Crippen LogP contribution is -2.46. The molecule has 0 saturated heterocycles. The van der Waals surface area contributed by atoms with Gasteiger partial charge in [-0.3, -0.25) is 0 Å². The summed E-state index contributed by atoms with van der Waals surface area (Å²) in [6.45, 7) is 0. The van der Waals surface area contributed by atoms with E-state index in [1.54, 1.807) is 0 Å². The van der Waals surface area contributed by atoms with Crippen molar-refractivity contribution in [2.75, 3.05) is 0 Å². The van der Waals surface area contributed by atoms with Crippen LogP contribution in [0.1, 0.15) is 0 Å². The molecule has 0 amide bonds. The van der Waals surface area contributed by atoms with Crippen LogP contribution < -0.4 is 9.47 Å². The second-order valence-electron chi connectivity index (χ2n) is 10.9. The van der Waals surface area contributed by atoms with Gasteiger partial charge in [0.05, 0.1) is 6.10 Å². The van der Waals surface area contributed by atoms with Gasteiger partial charge in [-0.1, -0.05) is 24.3 Å². The van der Waals surface area contributed by atoms with Gasteiger partial charge >= 0.3 is 0 Å². The van der Waals surface area contributed by atoms with E-state index < -0.39 is 0 Å². The minimum Gasteiger partial charge on any atom is -0.448 e. The SMILES string of the molecule is OC1C2C3C4C1C1C2C2C3C3C4C1C2C31Oc2cc3ccccc3cc2O1. The Morgan fingerprint density at radius 3 is 1.52 bits per heavy atom. The third-order valence-electron chi connectivity index (χ3n) is 11.1. The van der Waals surface area contributed by atoms with Gasteiger partial charge in [0.2, 0.25) is 0 Å². The zero-order valence-corrected chi connectivity index (χ0v) is 14.7. The van der Waals surface area contributed by atoms with Crippen LogP contribution in [0.3, 0.4) is 0 Å². The lowest BCUT2D eigenvalue weighted by atomic mass is 9.80. The zero-order valence-electron chi connectivity index (χ0n) is 14.7. The number of benzene rings is 2. The maximum Gasteiger partial charge on any atom is 0.258 e. The molecule has 3 nitrogen and oxygen atoms in total. The van der Waals surface area contributed by atoms with Crippen molar-refractivity contribution in [2.45, 2.75) is 11.9 Å². The predicted octanol–water partition coefficient (Wildman–Crippen LogP) is 3.16. The van der Waals surface area contributed by atoms with Crippen molar-refractivity contribution in [1.82, 2.24) is 0 Å². The molecule has 2 aromatic rings. The third-order valence-corrected chi connectivity index (χ3v) is 11.1. The van der Waals surface area contributed by atoms with Crippen molar-refractivity contribution in [3.8, 4) is 11.5 Å². The number of rotatable bonds is 0. The highest BCUT2D eigenvalue weighted by Crippen LogP contribution is 2.94. The average molecular weight is 356 g/mol. The topological polar surface area (TPSA) is 38.7 Å². The molecule has 4 bridgehead atoms. The third kappa shape index (κ3) is 0.905. The van der Waals surface area contributed by atoms with Crippen LogP contribution in [-0.4, -0.2) is 17.0 Å². The van der Waals surface area contributed by atoms with Crippen LogP contribution in [0.4, 0.5) is 0 Å². The minimum absolute atomic E-state index is 0.0267. The number of hydrogen-bond donors (Lipinski definition) is 1. The first-order chi connectivity index (χ1) is 13.3. The summed E-state index contributed by atoms with van der Waals surface area (Å²) < 4.78 is 13.7. The number of fused-ring (bicyclic) bond motifs is 2. The standard InChI is InChI=1S/C24H20O3/c25-23-19-11-12-16-18-14(20(12)23)13(19)17-15(11)21(16)24(22(17)18)26-9-5-7-3-1-2-4-8(7)6-10(9)27-24/h1-6,11-23,25H. The van der Waals surface area contributed by atoms with E-state index in [-0.39, 0.29) is 11.9 Å². The largest absolute Gasteiger partial charge is 0.448 e. The molecule has 9 aliphatic rings. The summed E-state index contributed by atoms with van der Waals surface area (Å²) in [4.78, 5) is 0. The van der Waals surface area contributed by atoms with Gasteiger partial charge in [0, 0.05) is 11.8 Å². The van der Waals surface area contributed by atoms with Crippen molar-refractivity contribution in [3.05, 3.63) is 36.4 Å². The second-order valence-corrected chi connectivity index (χ2v) is 10.9. The molecule has 11 rings (SSSR count). The molecule has 1 N–H and O–H groups in total. The summed E-state index contributed by atoms with van der Waals surface area (Å²) >= 11 is 0. The Kier molecular flexibility index (Phi) is 1.54. The van der Waals surface area contributed by atoms with Crippen LogP contribution in [0.25, 0.3) is 10.8 Å². The molecule has 2 aromatic carbocycles. The fraction of sp³-hybridized carbons (Fsp3) is 0.583. The van der Waals surface area contributed by atoms with E-state index in [1.165, 1.54) is 10.8 Å². The highest BCUT2D eigenvalue weighted by atomic mass is 16.7. The summed E-state index contributed by atoms with van der Waals surface area (Å²) in [6, 6.07) is 12.9. The maximum atomic E-state index is 10.9. The van der Waals surface area contributed by atoms with Crippen LogP contribution in [-0.2, 0) is 0 Å². The number of hydrogen-bond acceptors (Lipinski definition) is 3. The number of aliphatic hydroxyl groups is 1. The predicted molar refractivity (Wildman–Crippen MR) is 95.8 cm³/mol. The Hall–Kier alpha value is -1.74. The molecule has 1 heterocycles. The van der Waals surface area contributed by atoms with Gasteiger partial charge in [-0.2, -0.15) is 0 Å². The van der Waals surface area contributed by atoms with Crippen molar-refractivity contribution in [3.63, 3.8) is 0 Å². The van der Waals surface area contributed by atoms with Crippen molar-refractivity contribution in [2.24, 2.45) is 71.0 Å². The molecule has 134 valence electrons. The maximum absolute atomic E-state index is 10.9. The van der Waals surface area contributed by atoms with Crippen molar-refractivity contribution >= 4 is 10.8 Å². The average Bonchev–Trinajstić information content (AvgIpc) is 3.44. The van der Waals surface area contributed by atoms with E-state index in [4.69, 9.17) is 9.47 Å². The highest BCUT2D eigenvalue weighted by Gasteiger charge is 2.97. The Balaban J connectivity index is 1.20. The molecule has 8 saturated carbocycles. The van der Waals surface area contributed by atoms with Gasteiger partial charge in [0.1, 0.15) is 0 Å². The van der Waals surface area contributed by atoms with E-state index in [9.17, 15) is 5.11 Å². The lowest BCUT2D eigenvalue weighted by molar-refractivity contribution is -0.131. The quantitative estimate of drug-likeness (QED) is 0.788. The van der Waals surface area contributed by atoms with Crippen LogP contribution in [0.15, 0.2) is 36.4 Å².